The number of hydrogen-bond acceptors (Lipinski definition) is 2. The lowest BCUT2D eigenvalue weighted by molar-refractivity contribution is 0.630. The van der Waals surface area contributed by atoms with Crippen molar-refractivity contribution in [3.63, 3.8) is 0 Å². The lowest BCUT2D eigenvalue weighted by Crippen LogP contribution is -1.80. The van der Waals surface area contributed by atoms with Crippen LogP contribution >= 0.6 is 23.8 Å². The number of thiocarbonyl (C=S) groups is 1. The first-order valence-corrected chi connectivity index (χ1v) is 3.98. The zero-order valence-corrected chi connectivity index (χ0v) is 7.84. The van der Waals surface area contributed by atoms with E-state index < -0.39 is 5.82 Å². The molecule has 62 valence electrons. The minimum absolute atomic E-state index is 0.0617. The van der Waals surface area contributed by atoms with E-state index in [2.05, 4.69) is 22.4 Å². The normalized spacial score (nSPS) is 9.25. The molecule has 1 nitrogen and oxygen atoms in total. The van der Waals surface area contributed by atoms with Crippen molar-refractivity contribution < 1.29 is 4.39 Å². The fraction of sp³-hybridized carbons (Fsp3) is 0.125. The Morgan fingerprint density at radius 1 is 1.58 bits per heavy atom. The first-order valence-electron chi connectivity index (χ1n) is 3.19. The lowest BCUT2D eigenvalue weighted by Gasteiger charge is -2.00. The molecule has 0 amide bonds. The smallest absolute Gasteiger partial charge is 0.151 e. The van der Waals surface area contributed by atoms with Gasteiger partial charge in [0.25, 0.3) is 0 Å². The van der Waals surface area contributed by atoms with Crippen LogP contribution in [0.1, 0.15) is 5.56 Å². The second kappa shape index (κ2) is 3.76. The second-order valence-electron chi connectivity index (χ2n) is 2.23. The predicted octanol–water partition coefficient (Wildman–Crippen LogP) is 3.52. The van der Waals surface area contributed by atoms with Crippen LogP contribution in [-0.2, 0) is 0 Å². The van der Waals surface area contributed by atoms with E-state index in [0.717, 1.165) is 5.56 Å². The van der Waals surface area contributed by atoms with Crippen LogP contribution in [0.15, 0.2) is 17.1 Å². The number of nitrogens with zero attached hydrogens (tertiary/aromatic N) is 1. The van der Waals surface area contributed by atoms with Crippen molar-refractivity contribution in [1.29, 1.82) is 0 Å². The third kappa shape index (κ3) is 1.69. The largest absolute Gasteiger partial charge is 0.205 e. The highest BCUT2D eigenvalue weighted by Crippen LogP contribution is 2.30. The van der Waals surface area contributed by atoms with Gasteiger partial charge in [0.15, 0.2) is 5.82 Å². The van der Waals surface area contributed by atoms with Gasteiger partial charge in [-0.3, -0.25) is 0 Å². The quantitative estimate of drug-likeness (QED) is 0.500. The number of aliphatic imine (C=N–C) groups is 1. The average Bonchev–Trinajstić information content (AvgIpc) is 2.06. The van der Waals surface area contributed by atoms with Crippen molar-refractivity contribution in [1.82, 2.24) is 0 Å². The van der Waals surface area contributed by atoms with E-state index in [1.165, 1.54) is 6.07 Å². The highest BCUT2D eigenvalue weighted by atomic mass is 35.5. The fourth-order valence-corrected chi connectivity index (χ4v) is 1.08. The summed E-state index contributed by atoms with van der Waals surface area (Å²) in [6.45, 7) is 1.77. The van der Waals surface area contributed by atoms with Crippen LogP contribution in [0.5, 0.6) is 0 Å². The van der Waals surface area contributed by atoms with E-state index in [4.69, 9.17) is 11.6 Å². The molecule has 0 unspecified atom stereocenters. The highest BCUT2D eigenvalue weighted by Gasteiger charge is 2.07. The molecule has 4 heteroatoms. The zero-order valence-electron chi connectivity index (χ0n) is 6.27. The monoisotopic (exact) mass is 201 g/mol. The van der Waals surface area contributed by atoms with Crippen molar-refractivity contribution in [3.8, 4) is 0 Å². The Bertz CT molecular complexity index is 358. The third-order valence-electron chi connectivity index (χ3n) is 1.42. The molecule has 1 aromatic carbocycles. The molecule has 0 radical (unpaired) electrons. The van der Waals surface area contributed by atoms with Crippen LogP contribution in [0.4, 0.5) is 10.1 Å². The molecule has 1 rings (SSSR count). The van der Waals surface area contributed by atoms with Crippen molar-refractivity contribution in [2.45, 2.75) is 6.92 Å². The second-order valence-corrected chi connectivity index (χ2v) is 2.79. The standard InChI is InChI=1S/C8H5ClFNS/c1-5-2-3-6(10)8(7(5)9)11-4-12/h2-3H,1H3. The number of halogens is 2. The summed E-state index contributed by atoms with van der Waals surface area (Å²) >= 11 is 10.1. The van der Waals surface area contributed by atoms with Gasteiger partial charge in [0.1, 0.15) is 5.69 Å². The summed E-state index contributed by atoms with van der Waals surface area (Å²) in [4.78, 5) is 3.52. The predicted molar refractivity (Wildman–Crippen MR) is 50.8 cm³/mol. The van der Waals surface area contributed by atoms with Crippen LogP contribution in [0.2, 0.25) is 5.02 Å². The Balaban J connectivity index is 3.42. The first kappa shape index (κ1) is 9.33. The number of rotatable bonds is 1. The summed E-state index contributed by atoms with van der Waals surface area (Å²) in [7, 11) is 0. The molecular weight excluding hydrogens is 197 g/mol. The van der Waals surface area contributed by atoms with E-state index in [0.29, 0.717) is 0 Å². The number of aryl methyl sites for hydroxylation is 1. The summed E-state index contributed by atoms with van der Waals surface area (Å²) in [5.74, 6) is -0.483. The maximum atomic E-state index is 13.0. The van der Waals surface area contributed by atoms with Crippen LogP contribution in [0, 0.1) is 12.7 Å². The van der Waals surface area contributed by atoms with Gasteiger partial charge in [-0.05, 0) is 30.8 Å². The van der Waals surface area contributed by atoms with Crippen molar-refractivity contribution >= 4 is 34.7 Å². The fourth-order valence-electron chi connectivity index (χ4n) is 0.790. The van der Waals surface area contributed by atoms with E-state index in [1.807, 2.05) is 0 Å². The van der Waals surface area contributed by atoms with Gasteiger partial charge in [-0.2, -0.15) is 4.99 Å². The summed E-state index contributed by atoms with van der Waals surface area (Å²) in [6, 6.07) is 2.88. The first-order chi connectivity index (χ1) is 5.66. The van der Waals surface area contributed by atoms with Gasteiger partial charge in [-0.15, -0.1) is 0 Å². The Morgan fingerprint density at radius 3 is 2.83 bits per heavy atom. The Hall–Kier alpha value is -0.760. The number of benzene rings is 1. The summed E-state index contributed by atoms with van der Waals surface area (Å²) in [5.41, 5.74) is 0.828. The molecule has 0 heterocycles. The maximum Gasteiger partial charge on any atom is 0.151 e. The van der Waals surface area contributed by atoms with Crippen LogP contribution in [-0.4, -0.2) is 5.16 Å². The highest BCUT2D eigenvalue weighted by molar-refractivity contribution is 7.78. The average molecular weight is 202 g/mol. The summed E-state index contributed by atoms with van der Waals surface area (Å²) in [5, 5.41) is 2.36. The Morgan fingerprint density at radius 2 is 2.25 bits per heavy atom. The molecule has 1 aromatic rings. The molecule has 0 saturated heterocycles. The molecule has 0 aliphatic carbocycles. The molecule has 0 saturated carbocycles. The van der Waals surface area contributed by atoms with E-state index in [9.17, 15) is 4.39 Å². The van der Waals surface area contributed by atoms with Gasteiger partial charge in [0.2, 0.25) is 0 Å². The van der Waals surface area contributed by atoms with Crippen molar-refractivity contribution in [2.24, 2.45) is 4.99 Å². The van der Waals surface area contributed by atoms with Gasteiger partial charge in [-0.25, -0.2) is 4.39 Å². The Kier molecular flexibility index (Phi) is 2.93. The topological polar surface area (TPSA) is 12.4 Å². The van der Waals surface area contributed by atoms with Gasteiger partial charge < -0.3 is 0 Å². The molecular formula is C8H5ClFNS. The minimum atomic E-state index is -0.483. The Labute approximate surface area is 79.9 Å². The molecule has 0 atom stereocenters. The third-order valence-corrected chi connectivity index (χ3v) is 1.99. The van der Waals surface area contributed by atoms with Crippen molar-refractivity contribution in [3.05, 3.63) is 28.5 Å². The van der Waals surface area contributed by atoms with Crippen LogP contribution in [0.25, 0.3) is 0 Å². The molecule has 0 fully saturated rings. The van der Waals surface area contributed by atoms with E-state index in [1.54, 1.807) is 13.0 Å². The van der Waals surface area contributed by atoms with Gasteiger partial charge in [-0.1, -0.05) is 17.7 Å². The van der Waals surface area contributed by atoms with Gasteiger partial charge >= 0.3 is 0 Å². The van der Waals surface area contributed by atoms with Crippen LogP contribution in [0.3, 0.4) is 0 Å². The zero-order chi connectivity index (χ0) is 9.14. The molecule has 0 aromatic heterocycles. The van der Waals surface area contributed by atoms with Crippen LogP contribution < -0.4 is 0 Å². The molecule has 0 N–H and O–H groups in total. The SMILES string of the molecule is Cc1ccc(F)c(N=C=S)c1Cl. The minimum Gasteiger partial charge on any atom is -0.205 e. The van der Waals surface area contributed by atoms with Gasteiger partial charge in [0.05, 0.1) is 10.2 Å². The molecule has 0 spiro atoms. The van der Waals surface area contributed by atoms with Gasteiger partial charge in [0, 0.05) is 0 Å². The summed E-state index contributed by atoms with van der Waals surface area (Å²) in [6.07, 6.45) is 0. The molecule has 0 bridgehead atoms. The molecule has 12 heavy (non-hydrogen) atoms. The van der Waals surface area contributed by atoms with Crippen molar-refractivity contribution in [2.75, 3.05) is 0 Å². The number of isothiocyanates is 1. The van der Waals surface area contributed by atoms with E-state index >= 15 is 0 Å². The van der Waals surface area contributed by atoms with E-state index in [-0.39, 0.29) is 10.7 Å². The summed E-state index contributed by atoms with van der Waals surface area (Å²) < 4.78 is 13.0. The number of hydrogen-bond donors (Lipinski definition) is 0. The lowest BCUT2D eigenvalue weighted by atomic mass is 10.2. The maximum absolute atomic E-state index is 13.0. The molecule has 0 aliphatic heterocycles. The molecule has 0 aliphatic rings.